The van der Waals surface area contributed by atoms with E-state index in [1.165, 1.54) is 4.52 Å². The first-order valence-corrected chi connectivity index (χ1v) is 6.69. The van der Waals surface area contributed by atoms with Crippen LogP contribution in [0.2, 0.25) is 0 Å². The van der Waals surface area contributed by atoms with Crippen LogP contribution in [-0.4, -0.2) is 43.2 Å². The van der Waals surface area contributed by atoms with E-state index >= 15 is 0 Å². The van der Waals surface area contributed by atoms with Crippen molar-refractivity contribution in [2.24, 2.45) is 0 Å². The fourth-order valence-corrected chi connectivity index (χ4v) is 1.91. The summed E-state index contributed by atoms with van der Waals surface area (Å²) in [6.45, 7) is 1.99. The molecule has 0 spiro atoms. The predicted octanol–water partition coefficient (Wildman–Crippen LogP) is 0.778. The first kappa shape index (κ1) is 13.9. The SMILES string of the molecule is CC(CCCO)NC(=O)c1nc2ncc(Br)cn2n1. The van der Waals surface area contributed by atoms with E-state index in [0.717, 1.165) is 4.47 Å². The Bertz CT molecular complexity index is 585. The van der Waals surface area contributed by atoms with Gasteiger partial charge in [0, 0.05) is 25.0 Å². The molecule has 2 heterocycles. The number of aromatic nitrogens is 4. The molecule has 19 heavy (non-hydrogen) atoms. The summed E-state index contributed by atoms with van der Waals surface area (Å²) in [4.78, 5) is 20.0. The van der Waals surface area contributed by atoms with Crippen molar-refractivity contribution in [3.63, 3.8) is 0 Å². The van der Waals surface area contributed by atoms with E-state index in [2.05, 4.69) is 36.3 Å². The largest absolute Gasteiger partial charge is 0.396 e. The molecule has 0 radical (unpaired) electrons. The lowest BCUT2D eigenvalue weighted by Crippen LogP contribution is -2.33. The van der Waals surface area contributed by atoms with Gasteiger partial charge in [-0.15, -0.1) is 5.10 Å². The fourth-order valence-electron chi connectivity index (χ4n) is 1.61. The minimum Gasteiger partial charge on any atom is -0.396 e. The maximum absolute atomic E-state index is 11.9. The summed E-state index contributed by atoms with van der Waals surface area (Å²) >= 11 is 3.27. The van der Waals surface area contributed by atoms with Crippen molar-refractivity contribution in [1.82, 2.24) is 24.9 Å². The van der Waals surface area contributed by atoms with Gasteiger partial charge in [0.25, 0.3) is 11.7 Å². The molecule has 0 fully saturated rings. The number of carbonyl (C=O) groups is 1. The quantitative estimate of drug-likeness (QED) is 0.846. The lowest BCUT2D eigenvalue weighted by molar-refractivity contribution is 0.0926. The molecule has 102 valence electrons. The van der Waals surface area contributed by atoms with Gasteiger partial charge in [0.1, 0.15) is 0 Å². The van der Waals surface area contributed by atoms with Crippen LogP contribution in [-0.2, 0) is 0 Å². The van der Waals surface area contributed by atoms with E-state index in [9.17, 15) is 4.79 Å². The van der Waals surface area contributed by atoms with Crippen molar-refractivity contribution in [2.45, 2.75) is 25.8 Å². The third-order valence-electron chi connectivity index (χ3n) is 2.54. The molecule has 2 N–H and O–H groups in total. The highest BCUT2D eigenvalue weighted by Crippen LogP contribution is 2.08. The van der Waals surface area contributed by atoms with Gasteiger partial charge in [0.2, 0.25) is 5.82 Å². The zero-order chi connectivity index (χ0) is 13.8. The highest BCUT2D eigenvalue weighted by Gasteiger charge is 2.15. The molecule has 0 bridgehead atoms. The maximum atomic E-state index is 11.9. The number of rotatable bonds is 5. The van der Waals surface area contributed by atoms with Crippen LogP contribution >= 0.6 is 15.9 Å². The van der Waals surface area contributed by atoms with Crippen LogP contribution < -0.4 is 5.32 Å². The molecular formula is C11H14BrN5O2. The highest BCUT2D eigenvalue weighted by atomic mass is 79.9. The number of nitrogens with zero attached hydrogens (tertiary/aromatic N) is 4. The highest BCUT2D eigenvalue weighted by molar-refractivity contribution is 9.10. The number of aliphatic hydroxyl groups is 1. The predicted molar refractivity (Wildman–Crippen MR) is 71.7 cm³/mol. The number of fused-ring (bicyclic) bond motifs is 1. The zero-order valence-electron chi connectivity index (χ0n) is 10.4. The second kappa shape index (κ2) is 6.07. The number of carbonyl (C=O) groups excluding carboxylic acids is 1. The Hall–Kier alpha value is -1.54. The van der Waals surface area contributed by atoms with Gasteiger partial charge in [-0.3, -0.25) is 4.79 Å². The average Bonchev–Trinajstić information content (AvgIpc) is 2.79. The zero-order valence-corrected chi connectivity index (χ0v) is 12.0. The monoisotopic (exact) mass is 327 g/mol. The molecule has 1 unspecified atom stereocenters. The van der Waals surface area contributed by atoms with Crippen molar-refractivity contribution in [3.8, 4) is 0 Å². The number of nitrogens with one attached hydrogen (secondary N) is 1. The molecule has 0 aliphatic carbocycles. The second-order valence-corrected chi connectivity index (χ2v) is 5.11. The first-order chi connectivity index (χ1) is 9.10. The number of halogens is 1. The lowest BCUT2D eigenvalue weighted by atomic mass is 10.2. The normalized spacial score (nSPS) is 12.6. The van der Waals surface area contributed by atoms with Gasteiger partial charge in [0.15, 0.2) is 0 Å². The summed E-state index contributed by atoms with van der Waals surface area (Å²) in [7, 11) is 0. The van der Waals surface area contributed by atoms with Crippen molar-refractivity contribution >= 4 is 27.6 Å². The summed E-state index contributed by atoms with van der Waals surface area (Å²) in [5.41, 5.74) is 0. The molecule has 0 saturated heterocycles. The first-order valence-electron chi connectivity index (χ1n) is 5.90. The number of amides is 1. The standard InChI is InChI=1S/C11H14BrN5O2/c1-7(3-2-4-18)14-10(19)9-15-11-13-5-8(12)6-17(11)16-9/h5-7,18H,2-4H2,1H3,(H,14,19). The van der Waals surface area contributed by atoms with Crippen molar-refractivity contribution in [3.05, 3.63) is 22.7 Å². The van der Waals surface area contributed by atoms with E-state index < -0.39 is 0 Å². The minimum absolute atomic E-state index is 0.0362. The fraction of sp³-hybridized carbons (Fsp3) is 0.455. The summed E-state index contributed by atoms with van der Waals surface area (Å²) in [6, 6.07) is -0.0362. The Balaban J connectivity index is 2.08. The molecule has 1 amide bonds. The Morgan fingerprint density at radius 2 is 2.42 bits per heavy atom. The van der Waals surface area contributed by atoms with Crippen molar-refractivity contribution in [2.75, 3.05) is 6.61 Å². The van der Waals surface area contributed by atoms with E-state index in [4.69, 9.17) is 5.11 Å². The molecule has 0 aromatic carbocycles. The van der Waals surface area contributed by atoms with Crippen LogP contribution in [0.15, 0.2) is 16.9 Å². The summed E-state index contributed by atoms with van der Waals surface area (Å²) in [5.74, 6) is 0.116. The Kier molecular flexibility index (Phi) is 4.43. The Morgan fingerprint density at radius 1 is 1.63 bits per heavy atom. The summed E-state index contributed by atoms with van der Waals surface area (Å²) in [6.07, 6.45) is 4.63. The van der Waals surface area contributed by atoms with Gasteiger partial charge < -0.3 is 10.4 Å². The summed E-state index contributed by atoms with van der Waals surface area (Å²) in [5, 5.41) is 15.6. The third kappa shape index (κ3) is 3.48. The molecule has 0 aliphatic heterocycles. The smallest absolute Gasteiger partial charge is 0.291 e. The van der Waals surface area contributed by atoms with Crippen LogP contribution in [0, 0.1) is 0 Å². The van der Waals surface area contributed by atoms with E-state index in [0.29, 0.717) is 18.6 Å². The molecule has 2 rings (SSSR count). The maximum Gasteiger partial charge on any atom is 0.291 e. The molecule has 1 atom stereocenters. The topological polar surface area (TPSA) is 92.4 Å². The number of hydrogen-bond donors (Lipinski definition) is 2. The van der Waals surface area contributed by atoms with Gasteiger partial charge in [0.05, 0.1) is 4.47 Å². The van der Waals surface area contributed by atoms with Crippen LogP contribution in [0.4, 0.5) is 0 Å². The minimum atomic E-state index is -0.341. The second-order valence-electron chi connectivity index (χ2n) is 4.19. The molecular weight excluding hydrogens is 314 g/mol. The Labute approximate surface area is 118 Å². The van der Waals surface area contributed by atoms with E-state index in [-0.39, 0.29) is 24.4 Å². The number of aliphatic hydroxyl groups excluding tert-OH is 1. The number of hydrogen-bond acceptors (Lipinski definition) is 5. The van der Waals surface area contributed by atoms with Crippen LogP contribution in [0.1, 0.15) is 30.4 Å². The van der Waals surface area contributed by atoms with Crippen LogP contribution in [0.3, 0.4) is 0 Å². The van der Waals surface area contributed by atoms with E-state index in [1.807, 2.05) is 6.92 Å². The van der Waals surface area contributed by atoms with Gasteiger partial charge in [-0.2, -0.15) is 4.98 Å². The molecule has 2 aromatic heterocycles. The molecule has 2 aromatic rings. The van der Waals surface area contributed by atoms with E-state index in [1.54, 1.807) is 12.4 Å². The third-order valence-corrected chi connectivity index (χ3v) is 2.95. The molecule has 8 heteroatoms. The van der Waals surface area contributed by atoms with Gasteiger partial charge in [-0.25, -0.2) is 9.50 Å². The molecule has 7 nitrogen and oxygen atoms in total. The van der Waals surface area contributed by atoms with Crippen molar-refractivity contribution in [1.29, 1.82) is 0 Å². The van der Waals surface area contributed by atoms with Crippen LogP contribution in [0.5, 0.6) is 0 Å². The molecule has 0 aliphatic rings. The van der Waals surface area contributed by atoms with Gasteiger partial charge >= 0.3 is 0 Å². The molecule has 0 saturated carbocycles. The van der Waals surface area contributed by atoms with Crippen LogP contribution in [0.25, 0.3) is 5.78 Å². The average molecular weight is 328 g/mol. The van der Waals surface area contributed by atoms with Gasteiger partial charge in [-0.1, -0.05) is 0 Å². The van der Waals surface area contributed by atoms with Gasteiger partial charge in [-0.05, 0) is 35.7 Å². The Morgan fingerprint density at radius 3 is 3.16 bits per heavy atom. The summed E-state index contributed by atoms with van der Waals surface area (Å²) < 4.78 is 2.20. The van der Waals surface area contributed by atoms with Crippen molar-refractivity contribution < 1.29 is 9.90 Å². The lowest BCUT2D eigenvalue weighted by Gasteiger charge is -2.10.